The molecule has 31 heavy (non-hydrogen) atoms. The molecule has 0 spiro atoms. The van der Waals surface area contributed by atoms with Gasteiger partial charge in [-0.2, -0.15) is 4.31 Å². The largest absolute Gasteiger partial charge is 0.496 e. The van der Waals surface area contributed by atoms with Crippen LogP contribution in [0.1, 0.15) is 30.5 Å². The second-order valence-electron chi connectivity index (χ2n) is 8.13. The molecule has 3 N–H and O–H groups in total. The molecule has 0 aliphatic carbocycles. The number of nitrogens with zero attached hydrogens (tertiary/aromatic N) is 1. The zero-order valence-electron chi connectivity index (χ0n) is 18.5. The van der Waals surface area contributed by atoms with Gasteiger partial charge in [0.1, 0.15) is 11.8 Å². The van der Waals surface area contributed by atoms with Crippen LogP contribution in [-0.4, -0.2) is 36.8 Å². The lowest BCUT2D eigenvalue weighted by Gasteiger charge is -2.32. The molecule has 8 heteroatoms. The Hall–Kier alpha value is -2.84. The number of aromatic amines is 1. The van der Waals surface area contributed by atoms with Gasteiger partial charge in [0, 0.05) is 18.3 Å². The number of primary amides is 1. The highest BCUT2D eigenvalue weighted by molar-refractivity contribution is 7.89. The zero-order chi connectivity index (χ0) is 22.9. The van der Waals surface area contributed by atoms with Crippen LogP contribution in [0.25, 0.3) is 10.9 Å². The quantitative estimate of drug-likeness (QED) is 0.556. The Morgan fingerprint density at radius 3 is 2.45 bits per heavy atom. The molecule has 1 unspecified atom stereocenters. The maximum Gasteiger partial charge on any atom is 0.244 e. The molecule has 0 radical (unpaired) electrons. The SMILES string of the molecule is COc1cc(C)c(S(=O)(=O)N(Cc2ccc3[nH]ccc3c2)C(C(N)=O)C(C)C)cc1C. The van der Waals surface area contributed by atoms with Crippen molar-refractivity contribution in [2.45, 2.75) is 45.2 Å². The van der Waals surface area contributed by atoms with E-state index in [1.165, 1.54) is 4.31 Å². The Morgan fingerprint density at radius 2 is 1.84 bits per heavy atom. The number of methoxy groups -OCH3 is 1. The summed E-state index contributed by atoms with van der Waals surface area (Å²) in [5, 5.41) is 0.964. The number of amides is 1. The number of carbonyl (C=O) groups excluding carboxylic acids is 1. The fourth-order valence-electron chi connectivity index (χ4n) is 3.90. The third-order valence-corrected chi connectivity index (χ3v) is 7.44. The van der Waals surface area contributed by atoms with Crippen LogP contribution < -0.4 is 10.5 Å². The summed E-state index contributed by atoms with van der Waals surface area (Å²) in [6, 6.07) is 9.87. The van der Waals surface area contributed by atoms with E-state index in [4.69, 9.17) is 10.5 Å². The summed E-state index contributed by atoms with van der Waals surface area (Å²) in [4.78, 5) is 15.6. The summed E-state index contributed by atoms with van der Waals surface area (Å²) in [6.07, 6.45) is 1.83. The van der Waals surface area contributed by atoms with Gasteiger partial charge in [-0.1, -0.05) is 19.9 Å². The van der Waals surface area contributed by atoms with Crippen molar-refractivity contribution in [3.05, 3.63) is 59.3 Å². The van der Waals surface area contributed by atoms with Crippen LogP contribution >= 0.6 is 0 Å². The van der Waals surface area contributed by atoms with Gasteiger partial charge in [-0.25, -0.2) is 8.42 Å². The van der Waals surface area contributed by atoms with Crippen molar-refractivity contribution >= 4 is 26.8 Å². The van der Waals surface area contributed by atoms with Gasteiger partial charge in [0.05, 0.1) is 12.0 Å². The Balaban J connectivity index is 2.14. The molecule has 0 aliphatic heterocycles. The number of ether oxygens (including phenoxy) is 1. The number of sulfonamides is 1. The molecular formula is C23H29N3O4S. The van der Waals surface area contributed by atoms with E-state index in [2.05, 4.69) is 4.98 Å². The molecule has 7 nitrogen and oxygen atoms in total. The van der Waals surface area contributed by atoms with Crippen LogP contribution in [0, 0.1) is 19.8 Å². The van der Waals surface area contributed by atoms with Crippen LogP contribution in [-0.2, 0) is 21.4 Å². The maximum atomic E-state index is 13.8. The van der Waals surface area contributed by atoms with Crippen molar-refractivity contribution in [2.24, 2.45) is 11.7 Å². The molecule has 1 aromatic heterocycles. The van der Waals surface area contributed by atoms with Crippen molar-refractivity contribution < 1.29 is 17.9 Å². The first kappa shape index (κ1) is 22.8. The first-order chi connectivity index (χ1) is 14.6. The van der Waals surface area contributed by atoms with E-state index in [-0.39, 0.29) is 17.4 Å². The summed E-state index contributed by atoms with van der Waals surface area (Å²) in [6.45, 7) is 7.11. The smallest absolute Gasteiger partial charge is 0.244 e. The van der Waals surface area contributed by atoms with E-state index in [0.29, 0.717) is 16.9 Å². The van der Waals surface area contributed by atoms with E-state index >= 15 is 0 Å². The summed E-state index contributed by atoms with van der Waals surface area (Å²) in [5.74, 6) is -0.372. The van der Waals surface area contributed by atoms with Crippen molar-refractivity contribution in [1.82, 2.24) is 9.29 Å². The van der Waals surface area contributed by atoms with Crippen LogP contribution in [0.4, 0.5) is 0 Å². The number of nitrogens with two attached hydrogens (primary N) is 1. The molecule has 0 aliphatic rings. The van der Waals surface area contributed by atoms with E-state index in [1.54, 1.807) is 46.9 Å². The monoisotopic (exact) mass is 443 g/mol. The highest BCUT2D eigenvalue weighted by Crippen LogP contribution is 2.31. The summed E-state index contributed by atoms with van der Waals surface area (Å²) in [5.41, 5.74) is 8.64. The summed E-state index contributed by atoms with van der Waals surface area (Å²) < 4.78 is 34.2. The zero-order valence-corrected chi connectivity index (χ0v) is 19.3. The van der Waals surface area contributed by atoms with E-state index < -0.39 is 22.0 Å². The second-order valence-corrected chi connectivity index (χ2v) is 9.99. The summed E-state index contributed by atoms with van der Waals surface area (Å²) in [7, 11) is -2.49. The minimum Gasteiger partial charge on any atom is -0.496 e. The van der Waals surface area contributed by atoms with E-state index in [0.717, 1.165) is 16.5 Å². The molecule has 2 aromatic carbocycles. The minimum absolute atomic E-state index is 0.0275. The van der Waals surface area contributed by atoms with Gasteiger partial charge in [-0.3, -0.25) is 4.79 Å². The molecule has 1 atom stereocenters. The molecule has 0 saturated carbocycles. The normalized spacial score (nSPS) is 13.1. The van der Waals surface area contributed by atoms with Crippen LogP contribution in [0.2, 0.25) is 0 Å². The number of hydrogen-bond donors (Lipinski definition) is 2. The molecule has 3 rings (SSSR count). The second kappa shape index (κ2) is 8.72. The third kappa shape index (κ3) is 4.45. The van der Waals surface area contributed by atoms with E-state index in [1.807, 2.05) is 30.5 Å². The van der Waals surface area contributed by atoms with Gasteiger partial charge in [0.15, 0.2) is 0 Å². The maximum absolute atomic E-state index is 13.8. The standard InChI is InChI=1S/C23H29N3O4S/c1-14(2)22(23(24)27)26(13-17-6-7-19-18(12-17)8-9-25-19)31(28,29)21-11-15(3)20(30-5)10-16(21)4/h6-12,14,22,25H,13H2,1-5H3,(H2,24,27). The number of hydrogen-bond acceptors (Lipinski definition) is 4. The lowest BCUT2D eigenvalue weighted by Crippen LogP contribution is -2.50. The van der Waals surface area contributed by atoms with Gasteiger partial charge < -0.3 is 15.5 Å². The Bertz CT molecular complexity index is 1210. The number of fused-ring (bicyclic) bond motifs is 1. The number of aryl methyl sites for hydroxylation is 2. The highest BCUT2D eigenvalue weighted by Gasteiger charge is 2.38. The molecule has 166 valence electrons. The number of carbonyl (C=O) groups is 1. The topological polar surface area (TPSA) is 105 Å². The number of aromatic nitrogens is 1. The lowest BCUT2D eigenvalue weighted by molar-refractivity contribution is -0.123. The fourth-order valence-corrected chi connectivity index (χ4v) is 5.91. The Morgan fingerprint density at radius 1 is 1.13 bits per heavy atom. The van der Waals surface area contributed by atoms with Gasteiger partial charge in [-0.05, 0) is 72.2 Å². The average Bonchev–Trinajstić information content (AvgIpc) is 3.16. The minimum atomic E-state index is -4.04. The van der Waals surface area contributed by atoms with Crippen LogP contribution in [0.5, 0.6) is 5.75 Å². The van der Waals surface area contributed by atoms with E-state index in [9.17, 15) is 13.2 Å². The molecule has 0 saturated heterocycles. The molecule has 1 heterocycles. The van der Waals surface area contributed by atoms with Gasteiger partial charge in [-0.15, -0.1) is 0 Å². The van der Waals surface area contributed by atoms with Crippen LogP contribution in [0.15, 0.2) is 47.5 Å². The number of benzene rings is 2. The van der Waals surface area contributed by atoms with Crippen molar-refractivity contribution in [2.75, 3.05) is 7.11 Å². The van der Waals surface area contributed by atoms with Crippen LogP contribution in [0.3, 0.4) is 0 Å². The summed E-state index contributed by atoms with van der Waals surface area (Å²) >= 11 is 0. The molecule has 3 aromatic rings. The van der Waals surface area contributed by atoms with Crippen molar-refractivity contribution in [3.8, 4) is 5.75 Å². The number of H-pyrrole nitrogens is 1. The van der Waals surface area contributed by atoms with Crippen molar-refractivity contribution in [3.63, 3.8) is 0 Å². The average molecular weight is 444 g/mol. The van der Waals surface area contributed by atoms with Gasteiger partial charge in [0.25, 0.3) is 0 Å². The Kier molecular flexibility index (Phi) is 6.43. The van der Waals surface area contributed by atoms with Gasteiger partial charge in [0.2, 0.25) is 15.9 Å². The molecule has 0 bridgehead atoms. The first-order valence-corrected chi connectivity index (χ1v) is 11.5. The van der Waals surface area contributed by atoms with Crippen molar-refractivity contribution in [1.29, 1.82) is 0 Å². The lowest BCUT2D eigenvalue weighted by atomic mass is 10.0. The Labute approximate surface area is 183 Å². The fraction of sp³-hybridized carbons (Fsp3) is 0.348. The first-order valence-electron chi connectivity index (χ1n) is 10.1. The predicted molar refractivity (Wildman–Crippen MR) is 121 cm³/mol. The number of nitrogens with one attached hydrogen (secondary N) is 1. The highest BCUT2D eigenvalue weighted by atomic mass is 32.2. The number of rotatable bonds is 8. The molecule has 1 amide bonds. The molecular weight excluding hydrogens is 414 g/mol. The molecule has 0 fully saturated rings. The predicted octanol–water partition coefficient (Wildman–Crippen LogP) is 3.49. The van der Waals surface area contributed by atoms with Gasteiger partial charge >= 0.3 is 0 Å². The third-order valence-electron chi connectivity index (χ3n) is 5.47.